The normalized spacial score (nSPS) is 10.6. The van der Waals surface area contributed by atoms with Gasteiger partial charge in [0.15, 0.2) is 0 Å². The van der Waals surface area contributed by atoms with E-state index < -0.39 is 0 Å². The van der Waals surface area contributed by atoms with E-state index in [4.69, 9.17) is 4.42 Å². The summed E-state index contributed by atoms with van der Waals surface area (Å²) in [6, 6.07) is 36.4. The van der Waals surface area contributed by atoms with E-state index in [1.807, 2.05) is 66.7 Å². The van der Waals surface area contributed by atoms with Crippen molar-refractivity contribution in [3.8, 4) is 22.5 Å². The molecule has 0 amide bonds. The molecule has 4 heterocycles. The Hall–Kier alpha value is -3.63. The Morgan fingerprint density at radius 2 is 1.51 bits per heavy atom. The van der Waals surface area contributed by atoms with Crippen molar-refractivity contribution >= 4 is 43.4 Å². The van der Waals surface area contributed by atoms with E-state index in [-0.39, 0.29) is 20.1 Å². The molecule has 0 N–H and O–H groups in total. The Labute approximate surface area is 220 Å². The summed E-state index contributed by atoms with van der Waals surface area (Å²) in [5, 5.41) is 5.60. The van der Waals surface area contributed by atoms with Gasteiger partial charge in [-0.25, -0.2) is 0 Å². The van der Waals surface area contributed by atoms with Gasteiger partial charge in [0.25, 0.3) is 0 Å². The second-order valence-corrected chi connectivity index (χ2v) is 8.66. The van der Waals surface area contributed by atoms with Gasteiger partial charge in [0.1, 0.15) is 5.58 Å². The summed E-state index contributed by atoms with van der Waals surface area (Å²) in [7, 11) is 0. The Morgan fingerprint density at radius 3 is 2.26 bits per heavy atom. The molecule has 0 spiro atoms. The molecule has 0 atom stereocenters. The van der Waals surface area contributed by atoms with Crippen molar-refractivity contribution in [1.82, 2.24) is 9.97 Å². The maximum atomic E-state index is 6.15. The van der Waals surface area contributed by atoms with Gasteiger partial charge >= 0.3 is 0 Å². The van der Waals surface area contributed by atoms with Gasteiger partial charge in [-0.05, 0) is 52.5 Å². The van der Waals surface area contributed by atoms with Crippen LogP contribution in [-0.4, -0.2) is 9.97 Å². The minimum atomic E-state index is 0. The number of nitrogens with zero attached hydrogens (tertiary/aromatic N) is 2. The zero-order valence-corrected chi connectivity index (χ0v) is 21.6. The fourth-order valence-corrected chi connectivity index (χ4v) is 4.78. The number of rotatable bonds is 2. The van der Waals surface area contributed by atoms with Crippen molar-refractivity contribution < 1.29 is 24.5 Å². The van der Waals surface area contributed by atoms with Crippen LogP contribution in [0.5, 0.6) is 0 Å². The average molecular weight is 647 g/mol. The molecule has 0 bridgehead atoms. The molecule has 35 heavy (non-hydrogen) atoms. The van der Waals surface area contributed by atoms with E-state index in [1.54, 1.807) is 23.7 Å². The average Bonchev–Trinajstić information content (AvgIpc) is 3.53. The summed E-state index contributed by atoms with van der Waals surface area (Å²) in [5.41, 5.74) is 5.58. The van der Waals surface area contributed by atoms with E-state index in [0.29, 0.717) is 0 Å². The van der Waals surface area contributed by atoms with Gasteiger partial charge in [0.05, 0.1) is 5.58 Å². The standard InChI is InChI=1S/C19H10NOS.C11H8N.Ir/c1-2-8-20-16(6-1)14-5-3-4-13-15-11-18-12(7-9-22-18)10-17(15)21-19(13)14;1-2-6-10(7-3-1)11-8-4-5-9-12-11;/h1-4,6-11H;1-6,8-9H;/q2*-1;. The molecule has 171 valence electrons. The summed E-state index contributed by atoms with van der Waals surface area (Å²) in [4.78, 5) is 8.64. The number of thiophene rings is 1. The minimum Gasteiger partial charge on any atom is -0.501 e. The largest absolute Gasteiger partial charge is 0.501 e. The van der Waals surface area contributed by atoms with Gasteiger partial charge < -0.3 is 14.4 Å². The summed E-state index contributed by atoms with van der Waals surface area (Å²) >= 11 is 1.75. The molecule has 0 aliphatic carbocycles. The van der Waals surface area contributed by atoms with E-state index in [2.05, 4.69) is 51.7 Å². The molecule has 7 rings (SSSR count). The maximum absolute atomic E-state index is 6.15. The Balaban J connectivity index is 0.000000167. The number of pyridine rings is 2. The molecule has 0 saturated heterocycles. The molecule has 3 nitrogen and oxygen atoms in total. The molecule has 0 aliphatic heterocycles. The predicted molar refractivity (Wildman–Crippen MR) is 140 cm³/mol. The number of hydrogen-bond acceptors (Lipinski definition) is 4. The molecule has 0 fully saturated rings. The van der Waals surface area contributed by atoms with Crippen LogP contribution in [0.2, 0.25) is 0 Å². The summed E-state index contributed by atoms with van der Waals surface area (Å²) in [6.45, 7) is 0. The molecule has 1 radical (unpaired) electrons. The molecule has 0 aliphatic rings. The first-order valence-corrected chi connectivity index (χ1v) is 11.8. The van der Waals surface area contributed by atoms with Crippen molar-refractivity contribution in [1.29, 1.82) is 0 Å². The zero-order chi connectivity index (χ0) is 22.7. The maximum Gasteiger partial charge on any atom is 0.121 e. The van der Waals surface area contributed by atoms with E-state index >= 15 is 0 Å². The zero-order valence-electron chi connectivity index (χ0n) is 18.4. The quantitative estimate of drug-likeness (QED) is 0.178. The van der Waals surface area contributed by atoms with Crippen LogP contribution < -0.4 is 0 Å². The number of aromatic nitrogens is 2. The molecule has 0 saturated carbocycles. The van der Waals surface area contributed by atoms with E-state index in [9.17, 15) is 0 Å². The van der Waals surface area contributed by atoms with Gasteiger partial charge in [-0.3, -0.25) is 0 Å². The van der Waals surface area contributed by atoms with Crippen LogP contribution >= 0.6 is 11.3 Å². The smallest absolute Gasteiger partial charge is 0.121 e. The van der Waals surface area contributed by atoms with Crippen molar-refractivity contribution in [3.63, 3.8) is 0 Å². The Kier molecular flexibility index (Phi) is 6.82. The second-order valence-electron chi connectivity index (χ2n) is 7.71. The SMILES string of the molecule is [Ir].[c-]1ccc2c(oc3cc4ccsc4cc32)c1-c1ccccn1.[c-]1ccccc1-c1ccccn1. The third kappa shape index (κ3) is 4.67. The minimum absolute atomic E-state index is 0. The third-order valence-electron chi connectivity index (χ3n) is 5.58. The molecule has 0 unspecified atom stereocenters. The van der Waals surface area contributed by atoms with Crippen LogP contribution in [0.15, 0.2) is 113 Å². The number of fused-ring (bicyclic) bond motifs is 4. The second kappa shape index (κ2) is 10.3. The van der Waals surface area contributed by atoms with Crippen LogP contribution in [0.3, 0.4) is 0 Å². The van der Waals surface area contributed by atoms with Crippen molar-refractivity contribution in [2.24, 2.45) is 0 Å². The summed E-state index contributed by atoms with van der Waals surface area (Å²) in [6.07, 6.45) is 3.58. The Bertz CT molecular complexity index is 1660. The first-order valence-electron chi connectivity index (χ1n) is 10.9. The van der Waals surface area contributed by atoms with Crippen molar-refractivity contribution in [2.75, 3.05) is 0 Å². The summed E-state index contributed by atoms with van der Waals surface area (Å²) < 4.78 is 7.43. The van der Waals surface area contributed by atoms with Crippen LogP contribution in [0.25, 0.3) is 54.5 Å². The number of benzene rings is 3. The first-order chi connectivity index (χ1) is 16.9. The fraction of sp³-hybridized carbons (Fsp3) is 0. The van der Waals surface area contributed by atoms with Gasteiger partial charge in [-0.15, -0.1) is 65.4 Å². The van der Waals surface area contributed by atoms with Gasteiger partial charge in [-0.2, -0.15) is 0 Å². The van der Waals surface area contributed by atoms with Crippen molar-refractivity contribution in [3.05, 3.63) is 121 Å². The third-order valence-corrected chi connectivity index (χ3v) is 6.46. The van der Waals surface area contributed by atoms with E-state index in [1.165, 1.54) is 10.1 Å². The number of hydrogen-bond donors (Lipinski definition) is 0. The topological polar surface area (TPSA) is 38.9 Å². The van der Waals surface area contributed by atoms with E-state index in [0.717, 1.165) is 44.5 Å². The molecule has 7 aromatic rings. The molecule has 4 aromatic heterocycles. The van der Waals surface area contributed by atoms with Crippen LogP contribution in [0.4, 0.5) is 0 Å². The van der Waals surface area contributed by atoms with Crippen LogP contribution in [0.1, 0.15) is 0 Å². The van der Waals surface area contributed by atoms with Crippen LogP contribution in [-0.2, 0) is 20.1 Å². The van der Waals surface area contributed by atoms with Crippen molar-refractivity contribution in [2.45, 2.75) is 0 Å². The molecular formula is C30H18IrN2OS-2. The summed E-state index contributed by atoms with van der Waals surface area (Å²) in [5.74, 6) is 0. The van der Waals surface area contributed by atoms with Gasteiger partial charge in [0, 0.05) is 42.6 Å². The monoisotopic (exact) mass is 647 g/mol. The first kappa shape index (κ1) is 23.1. The predicted octanol–water partition coefficient (Wildman–Crippen LogP) is 8.21. The van der Waals surface area contributed by atoms with Gasteiger partial charge in [-0.1, -0.05) is 35.2 Å². The molecule has 3 aromatic carbocycles. The van der Waals surface area contributed by atoms with Gasteiger partial charge in [0.2, 0.25) is 0 Å². The molecule has 5 heteroatoms. The fourth-order valence-electron chi connectivity index (χ4n) is 3.97. The molecular weight excluding hydrogens is 629 g/mol. The van der Waals surface area contributed by atoms with Crippen LogP contribution in [0, 0.1) is 12.1 Å². The Morgan fingerprint density at radius 1 is 0.714 bits per heavy atom. The number of furan rings is 1.